The van der Waals surface area contributed by atoms with Gasteiger partial charge in [-0.15, -0.1) is 0 Å². The number of hydrogen-bond donors (Lipinski definition) is 1. The monoisotopic (exact) mass is 338 g/mol. The fraction of sp³-hybridized carbons (Fsp3) is 0.333. The van der Waals surface area contributed by atoms with Crippen LogP contribution in [0.4, 0.5) is 4.39 Å². The molecular weight excluding hydrogens is 315 g/mol. The third-order valence-electron chi connectivity index (χ3n) is 4.62. The van der Waals surface area contributed by atoms with E-state index in [-0.39, 0.29) is 29.0 Å². The third kappa shape index (κ3) is 4.13. The van der Waals surface area contributed by atoms with Gasteiger partial charge in [0.15, 0.2) is 0 Å². The van der Waals surface area contributed by atoms with Crippen LogP contribution in [0.1, 0.15) is 49.8 Å². The normalized spacial score (nSPS) is 19.8. The number of carbonyl (C=O) groups is 1. The fourth-order valence-electron chi connectivity index (χ4n) is 2.91. The fourth-order valence-corrected chi connectivity index (χ4v) is 2.91. The Kier molecular flexibility index (Phi) is 4.71. The molecule has 0 aliphatic heterocycles. The Bertz CT molecular complexity index is 790. The molecule has 3 rings (SSSR count). The molecule has 0 aromatic heterocycles. The lowest BCUT2D eigenvalue weighted by Gasteiger charge is -2.19. The Morgan fingerprint density at radius 2 is 1.84 bits per heavy atom. The lowest BCUT2D eigenvalue weighted by Crippen LogP contribution is -2.20. The quantitative estimate of drug-likeness (QED) is 0.652. The first-order valence-electron chi connectivity index (χ1n) is 8.54. The molecule has 3 nitrogen and oxygen atoms in total. The molecule has 2 aromatic rings. The highest BCUT2D eigenvalue weighted by atomic mass is 19.1. The Hall–Kier alpha value is -2.49. The van der Waals surface area contributed by atoms with Crippen LogP contribution in [0.3, 0.4) is 0 Å². The topological polar surface area (TPSA) is 41.5 Å². The minimum absolute atomic E-state index is 0.0572. The zero-order chi connectivity index (χ0) is 18.0. The van der Waals surface area contributed by atoms with Crippen LogP contribution in [0.5, 0.6) is 0 Å². The maximum absolute atomic E-state index is 13.5. The number of hydrazone groups is 1. The number of halogens is 1. The standard InChI is InChI=1S/C21H23FN2O/c1-21(2,3)16-10-8-14(9-11-16)17-12-18(17)20(25)24-23-13-15-6-4-5-7-19(15)22/h4-11,13,17-18H,12H2,1-3H3,(H,24,25)/b23-13-. The Morgan fingerprint density at radius 3 is 2.48 bits per heavy atom. The van der Waals surface area contributed by atoms with Crippen molar-refractivity contribution >= 4 is 12.1 Å². The number of benzene rings is 2. The van der Waals surface area contributed by atoms with Crippen molar-refractivity contribution in [2.45, 2.75) is 38.5 Å². The lowest BCUT2D eigenvalue weighted by molar-refractivity contribution is -0.122. The van der Waals surface area contributed by atoms with Crippen molar-refractivity contribution in [3.63, 3.8) is 0 Å². The molecule has 0 saturated heterocycles. The van der Waals surface area contributed by atoms with Crippen LogP contribution in [0.15, 0.2) is 53.6 Å². The summed E-state index contributed by atoms with van der Waals surface area (Å²) in [5, 5.41) is 3.87. The summed E-state index contributed by atoms with van der Waals surface area (Å²) in [6.45, 7) is 6.55. The number of nitrogens with zero attached hydrogens (tertiary/aromatic N) is 1. The van der Waals surface area contributed by atoms with Gasteiger partial charge in [-0.05, 0) is 34.9 Å². The van der Waals surface area contributed by atoms with E-state index in [0.29, 0.717) is 5.56 Å². The minimum Gasteiger partial charge on any atom is -0.273 e. The van der Waals surface area contributed by atoms with Crippen molar-refractivity contribution < 1.29 is 9.18 Å². The predicted octanol–water partition coefficient (Wildman–Crippen LogP) is 4.38. The van der Waals surface area contributed by atoms with E-state index in [4.69, 9.17) is 0 Å². The number of rotatable bonds is 4. The second kappa shape index (κ2) is 6.79. The molecule has 2 unspecified atom stereocenters. The van der Waals surface area contributed by atoms with Crippen molar-refractivity contribution in [3.8, 4) is 0 Å². The predicted molar refractivity (Wildman–Crippen MR) is 98.1 cm³/mol. The summed E-state index contributed by atoms with van der Waals surface area (Å²) in [5.74, 6) is -0.280. The molecule has 2 atom stereocenters. The van der Waals surface area contributed by atoms with Gasteiger partial charge < -0.3 is 0 Å². The summed E-state index contributed by atoms with van der Waals surface area (Å²) in [6, 6.07) is 14.8. The van der Waals surface area contributed by atoms with Gasteiger partial charge in [0.25, 0.3) is 0 Å². The van der Waals surface area contributed by atoms with Crippen LogP contribution in [0.2, 0.25) is 0 Å². The van der Waals surface area contributed by atoms with Gasteiger partial charge in [0.2, 0.25) is 5.91 Å². The van der Waals surface area contributed by atoms with Gasteiger partial charge >= 0.3 is 0 Å². The molecule has 0 spiro atoms. The molecule has 130 valence electrons. The van der Waals surface area contributed by atoms with Crippen molar-refractivity contribution in [2.75, 3.05) is 0 Å². The summed E-state index contributed by atoms with van der Waals surface area (Å²) in [4.78, 5) is 12.2. The third-order valence-corrected chi connectivity index (χ3v) is 4.62. The number of amides is 1. The summed E-state index contributed by atoms with van der Waals surface area (Å²) < 4.78 is 13.5. The molecule has 1 fully saturated rings. The van der Waals surface area contributed by atoms with Gasteiger partial charge in [-0.1, -0.05) is 63.2 Å². The Morgan fingerprint density at radius 1 is 1.16 bits per heavy atom. The first-order valence-corrected chi connectivity index (χ1v) is 8.54. The van der Waals surface area contributed by atoms with Crippen LogP contribution < -0.4 is 5.43 Å². The number of nitrogens with one attached hydrogen (secondary N) is 1. The van der Waals surface area contributed by atoms with E-state index in [1.54, 1.807) is 18.2 Å². The maximum atomic E-state index is 13.5. The highest BCUT2D eigenvalue weighted by Crippen LogP contribution is 2.47. The van der Waals surface area contributed by atoms with Crippen molar-refractivity contribution in [1.29, 1.82) is 0 Å². The van der Waals surface area contributed by atoms with Gasteiger partial charge in [-0.2, -0.15) is 5.10 Å². The van der Waals surface area contributed by atoms with Gasteiger partial charge in [-0.3, -0.25) is 4.79 Å². The van der Waals surface area contributed by atoms with Crippen LogP contribution in [0.25, 0.3) is 0 Å². The zero-order valence-electron chi connectivity index (χ0n) is 14.8. The van der Waals surface area contributed by atoms with Gasteiger partial charge in [0.1, 0.15) is 5.82 Å². The number of hydrogen-bond acceptors (Lipinski definition) is 2. The molecule has 2 aromatic carbocycles. The van der Waals surface area contributed by atoms with E-state index >= 15 is 0 Å². The highest BCUT2D eigenvalue weighted by molar-refractivity contribution is 5.85. The lowest BCUT2D eigenvalue weighted by atomic mass is 9.86. The molecule has 1 N–H and O–H groups in total. The summed E-state index contributed by atoms with van der Waals surface area (Å²) in [7, 11) is 0. The Labute approximate surface area is 148 Å². The summed E-state index contributed by atoms with van der Waals surface area (Å²) in [5.41, 5.74) is 5.47. The first kappa shape index (κ1) is 17.3. The minimum atomic E-state index is -0.358. The van der Waals surface area contributed by atoms with Crippen LogP contribution in [0, 0.1) is 11.7 Å². The van der Waals surface area contributed by atoms with Crippen LogP contribution in [-0.4, -0.2) is 12.1 Å². The smallest absolute Gasteiger partial charge is 0.243 e. The van der Waals surface area contributed by atoms with E-state index in [1.807, 2.05) is 0 Å². The van der Waals surface area contributed by atoms with Crippen LogP contribution in [-0.2, 0) is 10.2 Å². The summed E-state index contributed by atoms with van der Waals surface area (Å²) in [6.07, 6.45) is 2.17. The van der Waals surface area contributed by atoms with Crippen molar-refractivity contribution in [3.05, 3.63) is 71.0 Å². The second-order valence-electron chi connectivity index (χ2n) is 7.58. The molecule has 1 amide bonds. The average Bonchev–Trinajstić information content (AvgIpc) is 3.37. The molecule has 4 heteroatoms. The van der Waals surface area contributed by atoms with Crippen molar-refractivity contribution in [1.82, 2.24) is 5.43 Å². The van der Waals surface area contributed by atoms with E-state index in [0.717, 1.165) is 6.42 Å². The number of carbonyl (C=O) groups excluding carboxylic acids is 1. The van der Waals surface area contributed by atoms with E-state index < -0.39 is 0 Å². The van der Waals surface area contributed by atoms with Gasteiger partial charge in [0.05, 0.1) is 6.21 Å². The van der Waals surface area contributed by atoms with Gasteiger partial charge in [0, 0.05) is 11.5 Å². The molecule has 1 aliphatic carbocycles. The molecular formula is C21H23FN2O. The van der Waals surface area contributed by atoms with Crippen LogP contribution >= 0.6 is 0 Å². The molecule has 25 heavy (non-hydrogen) atoms. The molecule has 0 heterocycles. The van der Waals surface area contributed by atoms with Crippen molar-refractivity contribution in [2.24, 2.45) is 11.0 Å². The first-order chi connectivity index (χ1) is 11.9. The average molecular weight is 338 g/mol. The molecule has 0 bridgehead atoms. The van der Waals surface area contributed by atoms with E-state index in [1.165, 1.54) is 23.4 Å². The largest absolute Gasteiger partial charge is 0.273 e. The maximum Gasteiger partial charge on any atom is 0.243 e. The highest BCUT2D eigenvalue weighted by Gasteiger charge is 2.43. The van der Waals surface area contributed by atoms with E-state index in [9.17, 15) is 9.18 Å². The zero-order valence-corrected chi connectivity index (χ0v) is 14.8. The second-order valence-corrected chi connectivity index (χ2v) is 7.58. The molecule has 1 saturated carbocycles. The Balaban J connectivity index is 1.56. The molecule has 1 aliphatic rings. The molecule has 0 radical (unpaired) electrons. The van der Waals surface area contributed by atoms with Gasteiger partial charge in [-0.25, -0.2) is 9.82 Å². The summed E-state index contributed by atoms with van der Waals surface area (Å²) >= 11 is 0. The van der Waals surface area contributed by atoms with E-state index in [2.05, 4.69) is 55.6 Å². The SMILES string of the molecule is CC(C)(C)c1ccc(C2CC2C(=O)N/N=C\c2ccccc2F)cc1.